The van der Waals surface area contributed by atoms with Gasteiger partial charge in [-0.15, -0.1) is 0 Å². The summed E-state index contributed by atoms with van der Waals surface area (Å²) in [5.41, 5.74) is 4.66. The molecule has 0 aliphatic rings. The molecular formula is C22H29NO. The number of rotatable bonds is 9. The van der Waals surface area contributed by atoms with Gasteiger partial charge < -0.3 is 5.32 Å². The maximum absolute atomic E-state index is 12.9. The number of unbranched alkanes of at least 4 members (excludes halogenated alkanes) is 1. The van der Waals surface area contributed by atoms with Gasteiger partial charge in [0.25, 0.3) is 0 Å². The van der Waals surface area contributed by atoms with E-state index < -0.39 is 0 Å². The highest BCUT2D eigenvalue weighted by atomic mass is 16.1. The maximum Gasteiger partial charge on any atom is 0.158 e. The van der Waals surface area contributed by atoms with Crippen molar-refractivity contribution in [3.8, 4) is 0 Å². The molecule has 1 unspecified atom stereocenters. The van der Waals surface area contributed by atoms with Crippen LogP contribution in [-0.4, -0.2) is 12.3 Å². The number of benzene rings is 2. The average molecular weight is 323 g/mol. The average Bonchev–Trinajstić information content (AvgIpc) is 2.59. The number of carbonyl (C=O) groups is 1. The van der Waals surface area contributed by atoms with E-state index in [-0.39, 0.29) is 11.8 Å². The predicted molar refractivity (Wildman–Crippen MR) is 101 cm³/mol. The van der Waals surface area contributed by atoms with E-state index in [2.05, 4.69) is 62.5 Å². The van der Waals surface area contributed by atoms with Gasteiger partial charge in [0.05, 0.1) is 6.04 Å². The van der Waals surface area contributed by atoms with Gasteiger partial charge in [-0.3, -0.25) is 4.79 Å². The molecule has 0 saturated carbocycles. The van der Waals surface area contributed by atoms with E-state index in [0.29, 0.717) is 6.42 Å². The van der Waals surface area contributed by atoms with Crippen molar-refractivity contribution in [3.63, 3.8) is 0 Å². The van der Waals surface area contributed by atoms with Gasteiger partial charge in [-0.1, -0.05) is 74.4 Å². The number of ketones is 1. The van der Waals surface area contributed by atoms with Crippen LogP contribution in [0.1, 0.15) is 55.0 Å². The highest BCUT2D eigenvalue weighted by Gasteiger charge is 2.20. The first-order valence-corrected chi connectivity index (χ1v) is 9.04. The lowest BCUT2D eigenvalue weighted by atomic mass is 9.95. The second-order valence-electron chi connectivity index (χ2n) is 6.47. The zero-order valence-electron chi connectivity index (χ0n) is 15.1. The summed E-state index contributed by atoms with van der Waals surface area (Å²) in [5.74, 6) is 0.237. The number of carbonyl (C=O) groups excluding carboxylic acids is 1. The SMILES string of the molecule is CCCCNC(C(=O)Cc1cccc(C)c1)c1ccc(CC)cc1. The summed E-state index contributed by atoms with van der Waals surface area (Å²) < 4.78 is 0. The van der Waals surface area contributed by atoms with E-state index in [9.17, 15) is 4.79 Å². The fourth-order valence-electron chi connectivity index (χ4n) is 2.91. The summed E-state index contributed by atoms with van der Waals surface area (Å²) in [5, 5.41) is 3.46. The molecule has 0 heterocycles. The molecule has 24 heavy (non-hydrogen) atoms. The topological polar surface area (TPSA) is 29.1 Å². The van der Waals surface area contributed by atoms with E-state index >= 15 is 0 Å². The Labute approximate surface area is 146 Å². The van der Waals surface area contributed by atoms with Crippen molar-refractivity contribution in [2.24, 2.45) is 0 Å². The van der Waals surface area contributed by atoms with E-state index in [4.69, 9.17) is 0 Å². The summed E-state index contributed by atoms with van der Waals surface area (Å²) in [4.78, 5) is 12.9. The quantitative estimate of drug-likeness (QED) is 0.672. The zero-order valence-corrected chi connectivity index (χ0v) is 15.1. The Hall–Kier alpha value is -1.93. The number of aryl methyl sites for hydroxylation is 2. The second-order valence-corrected chi connectivity index (χ2v) is 6.47. The van der Waals surface area contributed by atoms with Crippen LogP contribution in [0.3, 0.4) is 0 Å². The fraction of sp³-hybridized carbons (Fsp3) is 0.409. The molecule has 1 N–H and O–H groups in total. The molecular weight excluding hydrogens is 294 g/mol. The van der Waals surface area contributed by atoms with Crippen molar-refractivity contribution in [2.45, 2.75) is 52.5 Å². The van der Waals surface area contributed by atoms with Crippen molar-refractivity contribution in [2.75, 3.05) is 6.54 Å². The molecule has 2 aromatic carbocycles. The molecule has 2 aromatic rings. The van der Waals surface area contributed by atoms with E-state index in [0.717, 1.165) is 36.9 Å². The number of nitrogens with one attached hydrogen (secondary N) is 1. The first kappa shape index (κ1) is 18.4. The van der Waals surface area contributed by atoms with Crippen molar-refractivity contribution >= 4 is 5.78 Å². The summed E-state index contributed by atoms with van der Waals surface area (Å²) in [6.45, 7) is 7.25. The maximum atomic E-state index is 12.9. The minimum absolute atomic E-state index is 0.219. The van der Waals surface area contributed by atoms with Crippen LogP contribution < -0.4 is 5.32 Å². The highest BCUT2D eigenvalue weighted by Crippen LogP contribution is 2.18. The van der Waals surface area contributed by atoms with Gasteiger partial charge in [0, 0.05) is 6.42 Å². The molecule has 2 nitrogen and oxygen atoms in total. The van der Waals surface area contributed by atoms with Crippen molar-refractivity contribution in [3.05, 3.63) is 70.8 Å². The van der Waals surface area contributed by atoms with Crippen LogP contribution in [0.2, 0.25) is 0 Å². The third-order valence-corrected chi connectivity index (χ3v) is 4.38. The molecule has 0 saturated heterocycles. The molecule has 0 amide bonds. The number of Topliss-reactive ketones (excluding diaryl/α,β-unsaturated/α-hetero) is 1. The molecule has 0 bridgehead atoms. The van der Waals surface area contributed by atoms with Crippen LogP contribution in [-0.2, 0) is 17.6 Å². The van der Waals surface area contributed by atoms with Gasteiger partial charge in [0.2, 0.25) is 0 Å². The Bertz CT molecular complexity index is 645. The second kappa shape index (κ2) is 9.39. The molecule has 0 fully saturated rings. The standard InChI is InChI=1S/C22H29NO/c1-4-6-14-23-22(20-12-10-18(5-2)11-13-20)21(24)16-19-9-7-8-17(3)15-19/h7-13,15,22-23H,4-6,14,16H2,1-3H3. The van der Waals surface area contributed by atoms with Gasteiger partial charge in [0.15, 0.2) is 5.78 Å². The van der Waals surface area contributed by atoms with Crippen LogP contribution in [0.25, 0.3) is 0 Å². The first-order chi connectivity index (χ1) is 11.6. The Morgan fingerprint density at radius 2 is 1.79 bits per heavy atom. The first-order valence-electron chi connectivity index (χ1n) is 9.04. The molecule has 0 aliphatic heterocycles. The van der Waals surface area contributed by atoms with Gasteiger partial charge in [-0.05, 0) is 43.0 Å². The van der Waals surface area contributed by atoms with Crippen LogP contribution in [0.5, 0.6) is 0 Å². The van der Waals surface area contributed by atoms with Crippen molar-refractivity contribution in [1.82, 2.24) is 5.32 Å². The Morgan fingerprint density at radius 3 is 2.42 bits per heavy atom. The summed E-state index contributed by atoms with van der Waals surface area (Å²) in [6, 6.07) is 16.4. The van der Waals surface area contributed by atoms with E-state index in [1.54, 1.807) is 0 Å². The van der Waals surface area contributed by atoms with Crippen LogP contribution in [0.4, 0.5) is 0 Å². The third kappa shape index (κ3) is 5.31. The summed E-state index contributed by atoms with van der Waals surface area (Å²) >= 11 is 0. The minimum Gasteiger partial charge on any atom is -0.304 e. The molecule has 128 valence electrons. The normalized spacial score (nSPS) is 12.1. The van der Waals surface area contributed by atoms with Gasteiger partial charge in [-0.2, -0.15) is 0 Å². The van der Waals surface area contributed by atoms with Crippen LogP contribution in [0, 0.1) is 6.92 Å². The van der Waals surface area contributed by atoms with E-state index in [1.165, 1.54) is 11.1 Å². The lowest BCUT2D eigenvalue weighted by Crippen LogP contribution is -2.30. The fourth-order valence-corrected chi connectivity index (χ4v) is 2.91. The number of hydrogen-bond donors (Lipinski definition) is 1. The Kier molecular flexibility index (Phi) is 7.20. The zero-order chi connectivity index (χ0) is 17.4. The molecule has 0 radical (unpaired) electrons. The van der Waals surface area contributed by atoms with Gasteiger partial charge >= 0.3 is 0 Å². The summed E-state index contributed by atoms with van der Waals surface area (Å²) in [6.07, 6.45) is 3.70. The predicted octanol–water partition coefficient (Wildman–Crippen LogP) is 4.80. The number of hydrogen-bond acceptors (Lipinski definition) is 2. The Balaban J connectivity index is 2.15. The molecule has 0 aromatic heterocycles. The molecule has 2 rings (SSSR count). The molecule has 2 heteroatoms. The van der Waals surface area contributed by atoms with E-state index in [1.807, 2.05) is 12.1 Å². The Morgan fingerprint density at radius 1 is 1.04 bits per heavy atom. The lowest BCUT2D eigenvalue weighted by molar-refractivity contribution is -0.120. The highest BCUT2D eigenvalue weighted by molar-refractivity contribution is 5.87. The third-order valence-electron chi connectivity index (χ3n) is 4.38. The largest absolute Gasteiger partial charge is 0.304 e. The minimum atomic E-state index is -0.219. The van der Waals surface area contributed by atoms with Crippen LogP contribution in [0.15, 0.2) is 48.5 Å². The smallest absolute Gasteiger partial charge is 0.158 e. The molecule has 0 aliphatic carbocycles. The molecule has 0 spiro atoms. The van der Waals surface area contributed by atoms with Gasteiger partial charge in [-0.25, -0.2) is 0 Å². The van der Waals surface area contributed by atoms with Gasteiger partial charge in [0.1, 0.15) is 0 Å². The summed E-state index contributed by atoms with van der Waals surface area (Å²) in [7, 11) is 0. The van der Waals surface area contributed by atoms with Crippen molar-refractivity contribution < 1.29 is 4.79 Å². The molecule has 1 atom stereocenters. The van der Waals surface area contributed by atoms with Crippen LogP contribution >= 0.6 is 0 Å². The monoisotopic (exact) mass is 323 g/mol. The lowest BCUT2D eigenvalue weighted by Gasteiger charge is -2.19. The van der Waals surface area contributed by atoms with Crippen molar-refractivity contribution in [1.29, 1.82) is 0 Å².